The smallest absolute Gasteiger partial charge is 0.341 e. The van der Waals surface area contributed by atoms with E-state index in [0.29, 0.717) is 29.6 Å². The molecular weight excluding hydrogens is 246 g/mol. The number of furan rings is 1. The Labute approximate surface area is 113 Å². The number of guanidine groups is 1. The quantitative estimate of drug-likeness (QED) is 0.490. The van der Waals surface area contributed by atoms with Crippen molar-refractivity contribution in [1.29, 1.82) is 0 Å². The average molecular weight is 267 g/mol. The Morgan fingerprint density at radius 3 is 2.74 bits per heavy atom. The lowest BCUT2D eigenvalue weighted by Crippen LogP contribution is -2.40. The number of aliphatic imine (C=N–C) groups is 1. The lowest BCUT2D eigenvalue weighted by atomic mass is 10.2. The van der Waals surface area contributed by atoms with Crippen molar-refractivity contribution < 1.29 is 13.9 Å². The van der Waals surface area contributed by atoms with Crippen LogP contribution >= 0.6 is 0 Å². The zero-order chi connectivity index (χ0) is 14.4. The second-order valence-corrected chi connectivity index (χ2v) is 4.40. The topological polar surface area (TPSA) is 75.9 Å². The lowest BCUT2D eigenvalue weighted by Gasteiger charge is -2.13. The molecule has 19 heavy (non-hydrogen) atoms. The van der Waals surface area contributed by atoms with E-state index < -0.39 is 5.97 Å². The van der Waals surface area contributed by atoms with Gasteiger partial charge < -0.3 is 19.8 Å². The monoisotopic (exact) mass is 267 g/mol. The maximum absolute atomic E-state index is 11.4. The van der Waals surface area contributed by atoms with Crippen molar-refractivity contribution in [3.63, 3.8) is 0 Å². The first-order valence-corrected chi connectivity index (χ1v) is 6.12. The van der Waals surface area contributed by atoms with Gasteiger partial charge in [-0.2, -0.15) is 0 Å². The van der Waals surface area contributed by atoms with Gasteiger partial charge >= 0.3 is 5.97 Å². The Hall–Kier alpha value is -1.98. The molecule has 0 aliphatic rings. The number of nitrogens with one attached hydrogen (secondary N) is 2. The molecule has 0 fully saturated rings. The van der Waals surface area contributed by atoms with Gasteiger partial charge in [0, 0.05) is 13.1 Å². The second-order valence-electron chi connectivity index (χ2n) is 4.40. The number of hydrogen-bond donors (Lipinski definition) is 2. The Balaban J connectivity index is 2.66. The fraction of sp³-hybridized carbons (Fsp3) is 0.538. The first-order valence-electron chi connectivity index (χ1n) is 6.12. The SMILES string of the molecule is CN=C(NCc1cc(C(=O)OC)c(C)o1)NC(C)C. The van der Waals surface area contributed by atoms with E-state index >= 15 is 0 Å². The van der Waals surface area contributed by atoms with E-state index in [-0.39, 0.29) is 6.04 Å². The average Bonchev–Trinajstić information content (AvgIpc) is 2.74. The number of carbonyl (C=O) groups excluding carboxylic acids is 1. The van der Waals surface area contributed by atoms with Crippen molar-refractivity contribution in [2.45, 2.75) is 33.4 Å². The van der Waals surface area contributed by atoms with Crippen molar-refractivity contribution in [2.24, 2.45) is 4.99 Å². The van der Waals surface area contributed by atoms with Crippen molar-refractivity contribution in [2.75, 3.05) is 14.2 Å². The van der Waals surface area contributed by atoms with Crippen LogP contribution in [0.4, 0.5) is 0 Å². The number of esters is 1. The van der Waals surface area contributed by atoms with E-state index in [0.717, 1.165) is 0 Å². The van der Waals surface area contributed by atoms with E-state index in [9.17, 15) is 4.79 Å². The lowest BCUT2D eigenvalue weighted by molar-refractivity contribution is 0.0599. The number of nitrogens with zero attached hydrogens (tertiary/aromatic N) is 1. The molecule has 0 unspecified atom stereocenters. The number of ether oxygens (including phenoxy) is 1. The van der Waals surface area contributed by atoms with Crippen molar-refractivity contribution >= 4 is 11.9 Å². The summed E-state index contributed by atoms with van der Waals surface area (Å²) in [6, 6.07) is 1.96. The summed E-state index contributed by atoms with van der Waals surface area (Å²) in [6.45, 7) is 6.24. The van der Waals surface area contributed by atoms with E-state index in [1.54, 1.807) is 20.0 Å². The molecule has 0 saturated heterocycles. The zero-order valence-corrected chi connectivity index (χ0v) is 12.0. The van der Waals surface area contributed by atoms with Crippen LogP contribution < -0.4 is 10.6 Å². The molecule has 0 radical (unpaired) electrons. The summed E-state index contributed by atoms with van der Waals surface area (Å²) in [5, 5.41) is 6.27. The highest BCUT2D eigenvalue weighted by Crippen LogP contribution is 2.15. The number of rotatable bonds is 4. The van der Waals surface area contributed by atoms with Gasteiger partial charge in [0.15, 0.2) is 5.96 Å². The summed E-state index contributed by atoms with van der Waals surface area (Å²) in [6.07, 6.45) is 0. The molecule has 6 nitrogen and oxygen atoms in total. The summed E-state index contributed by atoms with van der Waals surface area (Å²) >= 11 is 0. The molecule has 0 saturated carbocycles. The molecule has 106 valence electrons. The van der Waals surface area contributed by atoms with Gasteiger partial charge in [0.1, 0.15) is 17.1 Å². The van der Waals surface area contributed by atoms with Crippen molar-refractivity contribution in [3.05, 3.63) is 23.2 Å². The Morgan fingerprint density at radius 2 is 2.21 bits per heavy atom. The van der Waals surface area contributed by atoms with E-state index in [2.05, 4.69) is 20.4 Å². The molecule has 1 aromatic rings. The number of hydrogen-bond acceptors (Lipinski definition) is 4. The maximum atomic E-state index is 11.4. The fourth-order valence-electron chi connectivity index (χ4n) is 1.58. The molecule has 2 N–H and O–H groups in total. The minimum absolute atomic E-state index is 0.287. The molecule has 0 aliphatic carbocycles. The molecule has 0 aliphatic heterocycles. The molecule has 1 heterocycles. The summed E-state index contributed by atoms with van der Waals surface area (Å²) in [5.74, 6) is 1.50. The molecule has 0 bridgehead atoms. The first kappa shape index (κ1) is 15.1. The molecule has 0 aromatic carbocycles. The number of carbonyl (C=O) groups is 1. The number of methoxy groups -OCH3 is 1. The van der Waals surface area contributed by atoms with Gasteiger partial charge in [-0.25, -0.2) is 4.79 Å². The minimum atomic E-state index is -0.391. The largest absolute Gasteiger partial charge is 0.465 e. The first-order chi connectivity index (χ1) is 8.97. The van der Waals surface area contributed by atoms with Crippen LogP contribution in [0.25, 0.3) is 0 Å². The highest BCUT2D eigenvalue weighted by atomic mass is 16.5. The summed E-state index contributed by atoms with van der Waals surface area (Å²) in [4.78, 5) is 15.5. The Morgan fingerprint density at radius 1 is 1.53 bits per heavy atom. The molecule has 0 spiro atoms. The van der Waals surface area contributed by atoms with Gasteiger partial charge in [0.25, 0.3) is 0 Å². The van der Waals surface area contributed by atoms with Gasteiger partial charge in [0.2, 0.25) is 0 Å². The van der Waals surface area contributed by atoms with Gasteiger partial charge in [0.05, 0.1) is 13.7 Å². The highest BCUT2D eigenvalue weighted by Gasteiger charge is 2.15. The van der Waals surface area contributed by atoms with Gasteiger partial charge in [-0.05, 0) is 26.8 Å². The maximum Gasteiger partial charge on any atom is 0.341 e. The van der Waals surface area contributed by atoms with E-state index in [4.69, 9.17) is 4.42 Å². The summed E-state index contributed by atoms with van der Waals surface area (Å²) < 4.78 is 10.2. The van der Waals surface area contributed by atoms with Crippen LogP contribution in [0.5, 0.6) is 0 Å². The molecule has 1 aromatic heterocycles. The molecule has 6 heteroatoms. The zero-order valence-electron chi connectivity index (χ0n) is 12.0. The van der Waals surface area contributed by atoms with Crippen LogP contribution in [0.2, 0.25) is 0 Å². The van der Waals surface area contributed by atoms with Crippen LogP contribution in [0, 0.1) is 6.92 Å². The Kier molecular flexibility index (Phi) is 5.41. The standard InChI is InChI=1S/C13H21N3O3/c1-8(2)16-13(14-4)15-7-10-6-11(9(3)19-10)12(17)18-5/h6,8H,7H2,1-5H3,(H2,14,15,16). The van der Waals surface area contributed by atoms with Crippen LogP contribution in [-0.4, -0.2) is 32.1 Å². The van der Waals surface area contributed by atoms with Crippen LogP contribution in [0.1, 0.15) is 35.7 Å². The van der Waals surface area contributed by atoms with Gasteiger partial charge in [-0.1, -0.05) is 0 Å². The van der Waals surface area contributed by atoms with Gasteiger partial charge in [-0.3, -0.25) is 4.99 Å². The van der Waals surface area contributed by atoms with Crippen molar-refractivity contribution in [1.82, 2.24) is 10.6 Å². The summed E-state index contributed by atoms with van der Waals surface area (Å²) in [5.41, 5.74) is 0.450. The fourth-order valence-corrected chi connectivity index (χ4v) is 1.58. The van der Waals surface area contributed by atoms with Crippen LogP contribution in [0.3, 0.4) is 0 Å². The second kappa shape index (κ2) is 6.82. The highest BCUT2D eigenvalue weighted by molar-refractivity contribution is 5.90. The third-order valence-electron chi connectivity index (χ3n) is 2.45. The third-order valence-corrected chi connectivity index (χ3v) is 2.45. The Bertz CT molecular complexity index is 464. The van der Waals surface area contributed by atoms with E-state index in [1.807, 2.05) is 13.8 Å². The van der Waals surface area contributed by atoms with Crippen LogP contribution in [-0.2, 0) is 11.3 Å². The molecular formula is C13H21N3O3. The third kappa shape index (κ3) is 4.31. The number of aryl methyl sites for hydroxylation is 1. The molecule has 0 atom stereocenters. The van der Waals surface area contributed by atoms with E-state index in [1.165, 1.54) is 7.11 Å². The predicted molar refractivity (Wildman–Crippen MR) is 73.3 cm³/mol. The van der Waals surface area contributed by atoms with Gasteiger partial charge in [-0.15, -0.1) is 0 Å². The minimum Gasteiger partial charge on any atom is -0.465 e. The predicted octanol–water partition coefficient (Wildman–Crippen LogP) is 1.45. The molecule has 1 rings (SSSR count). The van der Waals surface area contributed by atoms with Crippen molar-refractivity contribution in [3.8, 4) is 0 Å². The molecule has 0 amide bonds. The normalized spacial score (nSPS) is 11.6. The van der Waals surface area contributed by atoms with Crippen LogP contribution in [0.15, 0.2) is 15.5 Å². The summed E-state index contributed by atoms with van der Waals surface area (Å²) in [7, 11) is 3.05.